The van der Waals surface area contributed by atoms with Gasteiger partial charge in [0.05, 0.1) is 16.6 Å². The zero-order valence-electron chi connectivity index (χ0n) is 18.8. The third kappa shape index (κ3) is 5.38. The van der Waals surface area contributed by atoms with Crippen LogP contribution in [0.25, 0.3) is 5.69 Å². The number of amides is 1. The van der Waals surface area contributed by atoms with E-state index < -0.39 is 16.1 Å². The molecule has 1 heterocycles. The Morgan fingerprint density at radius 2 is 1.59 bits per heavy atom. The summed E-state index contributed by atoms with van der Waals surface area (Å²) in [6.45, 7) is 3.64. The molecular weight excluding hydrogens is 450 g/mol. The molecule has 174 valence electrons. The molecule has 0 spiro atoms. The maximum Gasteiger partial charge on any atom is 0.251 e. The summed E-state index contributed by atoms with van der Waals surface area (Å²) < 4.78 is 30.1. The molecule has 0 aliphatic heterocycles. The van der Waals surface area contributed by atoms with Crippen molar-refractivity contribution in [2.45, 2.75) is 30.8 Å². The summed E-state index contributed by atoms with van der Waals surface area (Å²) in [4.78, 5) is 16.8. The van der Waals surface area contributed by atoms with Gasteiger partial charge in [-0.1, -0.05) is 48.5 Å². The van der Waals surface area contributed by atoms with Crippen LogP contribution < -0.4 is 10.0 Å². The highest BCUT2D eigenvalue weighted by molar-refractivity contribution is 7.89. The fraction of sp³-hybridized carbons (Fsp3) is 0.160. The predicted molar refractivity (Wildman–Crippen MR) is 129 cm³/mol. The van der Waals surface area contributed by atoms with E-state index in [2.05, 4.69) is 20.1 Å². The van der Waals surface area contributed by atoms with Crippen molar-refractivity contribution >= 4 is 15.9 Å². The Morgan fingerprint density at radius 3 is 2.26 bits per heavy atom. The zero-order valence-corrected chi connectivity index (χ0v) is 19.6. The molecule has 1 aromatic heterocycles. The van der Waals surface area contributed by atoms with Crippen molar-refractivity contribution in [1.29, 1.82) is 0 Å². The lowest BCUT2D eigenvalue weighted by Gasteiger charge is -2.17. The van der Waals surface area contributed by atoms with Crippen LogP contribution in [0.4, 0.5) is 0 Å². The molecule has 0 bridgehead atoms. The predicted octanol–water partition coefficient (Wildman–Crippen LogP) is 3.80. The van der Waals surface area contributed by atoms with E-state index in [0.717, 1.165) is 16.8 Å². The summed E-state index contributed by atoms with van der Waals surface area (Å²) in [6.07, 6.45) is 3.07. The molecule has 2 N–H and O–H groups in total. The van der Waals surface area contributed by atoms with Crippen LogP contribution in [0.3, 0.4) is 0 Å². The Bertz CT molecular complexity index is 1360. The number of carbonyl (C=O) groups is 1. The number of nitrogens with zero attached hydrogens (tertiary/aromatic N) is 3. The molecule has 0 aliphatic rings. The van der Waals surface area contributed by atoms with Crippen molar-refractivity contribution in [1.82, 2.24) is 24.8 Å². The highest BCUT2D eigenvalue weighted by Crippen LogP contribution is 2.19. The van der Waals surface area contributed by atoms with Gasteiger partial charge in [0.1, 0.15) is 12.7 Å². The van der Waals surface area contributed by atoms with Gasteiger partial charge in [0, 0.05) is 11.6 Å². The number of aromatic nitrogens is 3. The maximum atomic E-state index is 12.9. The van der Waals surface area contributed by atoms with E-state index in [-0.39, 0.29) is 22.4 Å². The highest BCUT2D eigenvalue weighted by atomic mass is 32.2. The zero-order chi connectivity index (χ0) is 24.1. The van der Waals surface area contributed by atoms with Crippen LogP contribution in [0.1, 0.15) is 47.4 Å². The molecule has 3 aromatic carbocycles. The molecular formula is C25H25N5O3S. The van der Waals surface area contributed by atoms with Crippen LogP contribution in [-0.4, -0.2) is 29.1 Å². The first-order chi connectivity index (χ1) is 16.3. The molecule has 4 rings (SSSR count). The summed E-state index contributed by atoms with van der Waals surface area (Å²) in [5.74, 6) is -0.360. The van der Waals surface area contributed by atoms with Gasteiger partial charge in [-0.15, -0.1) is 0 Å². The summed E-state index contributed by atoms with van der Waals surface area (Å²) in [6, 6.07) is 22.2. The van der Waals surface area contributed by atoms with E-state index in [0.29, 0.717) is 0 Å². The van der Waals surface area contributed by atoms with Gasteiger partial charge in [0.15, 0.2) is 0 Å². The second-order valence-electron chi connectivity index (χ2n) is 7.91. The minimum atomic E-state index is -3.81. The van der Waals surface area contributed by atoms with Gasteiger partial charge in [-0.25, -0.2) is 22.8 Å². The number of nitrogens with one attached hydrogen (secondary N) is 2. The van der Waals surface area contributed by atoms with Crippen LogP contribution in [0, 0.1) is 0 Å². The molecule has 0 aliphatic carbocycles. The number of benzene rings is 3. The van der Waals surface area contributed by atoms with Gasteiger partial charge in [-0.05, 0) is 55.3 Å². The fourth-order valence-electron chi connectivity index (χ4n) is 3.54. The van der Waals surface area contributed by atoms with Crippen molar-refractivity contribution in [3.63, 3.8) is 0 Å². The minimum Gasteiger partial charge on any atom is -0.346 e. The van der Waals surface area contributed by atoms with E-state index in [9.17, 15) is 13.2 Å². The van der Waals surface area contributed by atoms with Gasteiger partial charge in [0.2, 0.25) is 10.0 Å². The van der Waals surface area contributed by atoms with E-state index in [1.165, 1.54) is 18.5 Å². The smallest absolute Gasteiger partial charge is 0.251 e. The Labute approximate surface area is 198 Å². The summed E-state index contributed by atoms with van der Waals surface area (Å²) >= 11 is 0. The van der Waals surface area contributed by atoms with Crippen molar-refractivity contribution in [3.05, 3.63) is 108 Å². The van der Waals surface area contributed by atoms with Gasteiger partial charge in [-0.3, -0.25) is 4.79 Å². The van der Waals surface area contributed by atoms with Crippen LogP contribution in [0.5, 0.6) is 0 Å². The number of hydrogen-bond donors (Lipinski definition) is 2. The first-order valence-electron chi connectivity index (χ1n) is 10.8. The van der Waals surface area contributed by atoms with Gasteiger partial charge >= 0.3 is 0 Å². The Balaban J connectivity index is 1.45. The second-order valence-corrected chi connectivity index (χ2v) is 9.62. The standard InChI is InChI=1S/C25H25N5O3S/c1-18(21-11-13-23(14-12-21)30-17-26-16-27-30)28-25(31)22-9-6-10-24(15-22)34(32,33)29-19(2)20-7-4-3-5-8-20/h3-19,29H,1-2H3,(H,28,31). The number of carbonyl (C=O) groups excluding carboxylic acids is 1. The van der Waals surface area contributed by atoms with E-state index in [1.54, 1.807) is 30.1 Å². The van der Waals surface area contributed by atoms with Crippen molar-refractivity contribution in [2.75, 3.05) is 0 Å². The molecule has 2 unspecified atom stereocenters. The molecule has 8 nitrogen and oxygen atoms in total. The molecule has 34 heavy (non-hydrogen) atoms. The monoisotopic (exact) mass is 475 g/mol. The lowest BCUT2D eigenvalue weighted by Crippen LogP contribution is -2.28. The van der Waals surface area contributed by atoms with Gasteiger partial charge in [-0.2, -0.15) is 5.10 Å². The largest absolute Gasteiger partial charge is 0.346 e. The third-order valence-corrected chi connectivity index (χ3v) is 7.00. The Kier molecular flexibility index (Phi) is 6.85. The highest BCUT2D eigenvalue weighted by Gasteiger charge is 2.20. The lowest BCUT2D eigenvalue weighted by atomic mass is 10.1. The average Bonchev–Trinajstić information content (AvgIpc) is 3.39. The third-order valence-electron chi connectivity index (χ3n) is 5.46. The first-order valence-corrected chi connectivity index (χ1v) is 12.2. The molecule has 2 atom stereocenters. The topological polar surface area (TPSA) is 106 Å². The van der Waals surface area contributed by atoms with Crippen molar-refractivity contribution in [2.24, 2.45) is 0 Å². The fourth-order valence-corrected chi connectivity index (χ4v) is 4.81. The summed E-state index contributed by atoms with van der Waals surface area (Å²) in [5.41, 5.74) is 2.87. The van der Waals surface area contributed by atoms with Gasteiger partial charge in [0.25, 0.3) is 5.91 Å². The number of sulfonamides is 1. The average molecular weight is 476 g/mol. The maximum absolute atomic E-state index is 12.9. The van der Waals surface area contributed by atoms with Crippen LogP contribution in [-0.2, 0) is 10.0 Å². The number of rotatable bonds is 8. The number of hydrogen-bond acceptors (Lipinski definition) is 5. The van der Waals surface area contributed by atoms with Crippen LogP contribution in [0.15, 0.2) is 96.4 Å². The molecule has 0 saturated carbocycles. The second kappa shape index (κ2) is 9.98. The van der Waals surface area contributed by atoms with Gasteiger partial charge < -0.3 is 5.32 Å². The molecule has 0 saturated heterocycles. The van der Waals surface area contributed by atoms with E-state index >= 15 is 0 Å². The Morgan fingerprint density at radius 1 is 0.882 bits per heavy atom. The van der Waals surface area contributed by atoms with E-state index in [4.69, 9.17) is 0 Å². The van der Waals surface area contributed by atoms with Crippen LogP contribution in [0.2, 0.25) is 0 Å². The normalized spacial score (nSPS) is 13.2. The van der Waals surface area contributed by atoms with Crippen molar-refractivity contribution in [3.8, 4) is 5.69 Å². The first kappa shape index (κ1) is 23.3. The molecule has 0 fully saturated rings. The molecule has 1 amide bonds. The Hall–Kier alpha value is -3.82. The van der Waals surface area contributed by atoms with Crippen molar-refractivity contribution < 1.29 is 13.2 Å². The lowest BCUT2D eigenvalue weighted by molar-refractivity contribution is 0.0939. The minimum absolute atomic E-state index is 0.0350. The summed E-state index contributed by atoms with van der Waals surface area (Å²) in [7, 11) is -3.81. The molecule has 4 aromatic rings. The van der Waals surface area contributed by atoms with Crippen LogP contribution >= 0.6 is 0 Å². The molecule has 0 radical (unpaired) electrons. The SMILES string of the molecule is CC(NC(=O)c1cccc(S(=O)(=O)NC(C)c2ccccc2)c1)c1ccc(-n2cncn2)cc1. The summed E-state index contributed by atoms with van der Waals surface area (Å²) in [5, 5.41) is 7.02. The quantitative estimate of drug-likeness (QED) is 0.403. The van der Waals surface area contributed by atoms with E-state index in [1.807, 2.05) is 61.5 Å². The molecule has 9 heteroatoms.